The molecule has 2 aromatic rings. The number of alkyl halides is 2. The number of piperidine rings is 1. The first-order chi connectivity index (χ1) is 16.5. The number of carbonyl (C=O) groups is 2. The zero-order valence-electron chi connectivity index (χ0n) is 19.1. The maximum atomic E-state index is 13.3. The van der Waals surface area contributed by atoms with Crippen LogP contribution in [0.15, 0.2) is 53.4 Å². The first kappa shape index (κ1) is 24.5. The van der Waals surface area contributed by atoms with E-state index < -0.39 is 5.76 Å². The van der Waals surface area contributed by atoms with E-state index in [2.05, 4.69) is 10.2 Å². The predicted molar refractivity (Wildman–Crippen MR) is 131 cm³/mol. The Morgan fingerprint density at radius 3 is 2.21 bits per heavy atom. The molecule has 0 aromatic heterocycles. The number of amides is 2. The maximum Gasteiger partial charge on any atom is 0.288 e. The predicted octanol–water partition coefficient (Wildman–Crippen LogP) is 4.52. The summed E-state index contributed by atoms with van der Waals surface area (Å²) in [5.74, 6) is -2.33. The van der Waals surface area contributed by atoms with Gasteiger partial charge in [0.1, 0.15) is 0 Å². The number of nitrogens with zero attached hydrogens (tertiary/aromatic N) is 3. The second-order valence-electron chi connectivity index (χ2n) is 8.58. The van der Waals surface area contributed by atoms with Crippen LogP contribution in [-0.2, 0) is 4.79 Å². The molecule has 0 aliphatic carbocycles. The summed E-state index contributed by atoms with van der Waals surface area (Å²) in [6.45, 7) is 4.61. The van der Waals surface area contributed by atoms with Crippen molar-refractivity contribution in [3.8, 4) is 0 Å². The molecule has 2 amide bonds. The van der Waals surface area contributed by atoms with Gasteiger partial charge in [-0.25, -0.2) is 0 Å². The van der Waals surface area contributed by atoms with Gasteiger partial charge in [0.2, 0.25) is 5.91 Å². The minimum Gasteiger partial charge on any atom is -0.355 e. The fourth-order valence-corrected chi connectivity index (χ4v) is 4.87. The smallest absolute Gasteiger partial charge is 0.288 e. The lowest BCUT2D eigenvalue weighted by Crippen LogP contribution is -2.52. The van der Waals surface area contributed by atoms with E-state index in [1.165, 1.54) is 6.42 Å². The van der Waals surface area contributed by atoms with Crippen molar-refractivity contribution in [3.63, 3.8) is 0 Å². The molecule has 9 heteroatoms. The second kappa shape index (κ2) is 11.7. The molecule has 6 nitrogen and oxygen atoms in total. The lowest BCUT2D eigenvalue weighted by molar-refractivity contribution is -0.133. The van der Waals surface area contributed by atoms with Gasteiger partial charge in [-0.1, -0.05) is 23.9 Å². The molecule has 0 unspecified atom stereocenters. The van der Waals surface area contributed by atoms with Gasteiger partial charge in [0.05, 0.1) is 17.8 Å². The molecule has 2 heterocycles. The van der Waals surface area contributed by atoms with E-state index in [4.69, 9.17) is 0 Å². The highest BCUT2D eigenvalue weighted by atomic mass is 32.2. The van der Waals surface area contributed by atoms with Gasteiger partial charge in [-0.15, -0.1) is 0 Å². The molecular formula is C25H30F2N4O2S. The molecule has 2 aliphatic heterocycles. The van der Waals surface area contributed by atoms with E-state index in [1.807, 2.05) is 28.0 Å². The van der Waals surface area contributed by atoms with Crippen LogP contribution in [0.1, 0.15) is 29.6 Å². The second-order valence-corrected chi connectivity index (χ2v) is 9.65. The lowest BCUT2D eigenvalue weighted by atomic mass is 10.1. The van der Waals surface area contributed by atoms with Gasteiger partial charge in [0.25, 0.3) is 11.7 Å². The molecule has 0 atom stereocenters. The van der Waals surface area contributed by atoms with Crippen molar-refractivity contribution in [3.05, 3.63) is 54.1 Å². The van der Waals surface area contributed by atoms with Gasteiger partial charge in [0.15, 0.2) is 0 Å². The molecule has 0 saturated carbocycles. The fourth-order valence-electron chi connectivity index (χ4n) is 4.37. The monoisotopic (exact) mass is 488 g/mol. The Balaban J connectivity index is 1.33. The van der Waals surface area contributed by atoms with Crippen LogP contribution in [0, 0.1) is 0 Å². The van der Waals surface area contributed by atoms with Crippen LogP contribution in [0.5, 0.6) is 0 Å². The molecule has 2 saturated heterocycles. The van der Waals surface area contributed by atoms with Crippen LogP contribution < -0.4 is 5.32 Å². The van der Waals surface area contributed by atoms with Gasteiger partial charge >= 0.3 is 0 Å². The van der Waals surface area contributed by atoms with E-state index in [0.717, 1.165) is 31.6 Å². The van der Waals surface area contributed by atoms with E-state index in [1.54, 1.807) is 30.3 Å². The molecule has 2 fully saturated rings. The summed E-state index contributed by atoms with van der Waals surface area (Å²) in [6.07, 6.45) is 3.37. The molecular weight excluding hydrogens is 458 g/mol. The Bertz CT molecular complexity index is 975. The SMILES string of the molecule is O=C(CN1CCN(C(=O)c2ccccc2Nc2ccc(SC(F)F)cc2)CC1)N1CCCCC1. The van der Waals surface area contributed by atoms with Crippen molar-refractivity contribution in [2.75, 3.05) is 51.1 Å². The highest BCUT2D eigenvalue weighted by Gasteiger charge is 2.26. The molecule has 2 aliphatic rings. The van der Waals surface area contributed by atoms with Crippen molar-refractivity contribution in [2.24, 2.45) is 0 Å². The van der Waals surface area contributed by atoms with Crippen molar-refractivity contribution in [2.45, 2.75) is 29.9 Å². The number of nitrogens with one attached hydrogen (secondary N) is 1. The zero-order chi connectivity index (χ0) is 23.9. The van der Waals surface area contributed by atoms with Gasteiger partial charge in [-0.05, 0) is 55.7 Å². The van der Waals surface area contributed by atoms with Gasteiger partial charge in [-0.2, -0.15) is 8.78 Å². The van der Waals surface area contributed by atoms with Crippen molar-refractivity contribution >= 4 is 35.0 Å². The third kappa shape index (κ3) is 6.48. The zero-order valence-corrected chi connectivity index (χ0v) is 19.9. The molecule has 34 heavy (non-hydrogen) atoms. The van der Waals surface area contributed by atoms with E-state index in [9.17, 15) is 18.4 Å². The summed E-state index contributed by atoms with van der Waals surface area (Å²) in [5, 5.41) is 3.24. The molecule has 4 rings (SSSR count). The third-order valence-corrected chi connectivity index (χ3v) is 6.97. The topological polar surface area (TPSA) is 55.9 Å². The number of carbonyl (C=O) groups excluding carboxylic acids is 2. The number of thioether (sulfide) groups is 1. The van der Waals surface area contributed by atoms with Gasteiger partial charge in [-0.3, -0.25) is 14.5 Å². The summed E-state index contributed by atoms with van der Waals surface area (Å²) < 4.78 is 25.1. The summed E-state index contributed by atoms with van der Waals surface area (Å²) >= 11 is 0.502. The quantitative estimate of drug-likeness (QED) is 0.581. The first-order valence-corrected chi connectivity index (χ1v) is 12.6. The van der Waals surface area contributed by atoms with E-state index in [-0.39, 0.29) is 11.8 Å². The number of hydrogen-bond donors (Lipinski definition) is 1. The Morgan fingerprint density at radius 1 is 0.853 bits per heavy atom. The van der Waals surface area contributed by atoms with E-state index >= 15 is 0 Å². The molecule has 0 bridgehead atoms. The Hall–Kier alpha value is -2.65. The van der Waals surface area contributed by atoms with E-state index in [0.29, 0.717) is 60.6 Å². The number of piperazine rings is 1. The summed E-state index contributed by atoms with van der Waals surface area (Å²) in [7, 11) is 0. The number of benzene rings is 2. The molecule has 1 N–H and O–H groups in total. The Labute approximate surface area is 203 Å². The standard InChI is InChI=1S/C25H30F2N4O2S/c26-25(27)34-20-10-8-19(9-11-20)28-22-7-3-2-6-21(22)24(33)31-16-14-29(15-17-31)18-23(32)30-12-4-1-5-13-30/h2-3,6-11,25,28H,1,4-5,12-18H2. The third-order valence-electron chi connectivity index (χ3n) is 6.24. The van der Waals surface area contributed by atoms with Crippen LogP contribution in [0.25, 0.3) is 0 Å². The number of rotatable bonds is 7. The van der Waals surface area contributed by atoms with Crippen LogP contribution in [0.2, 0.25) is 0 Å². The number of hydrogen-bond acceptors (Lipinski definition) is 5. The van der Waals surface area contributed by atoms with Crippen LogP contribution in [0.3, 0.4) is 0 Å². The van der Waals surface area contributed by atoms with Crippen molar-refractivity contribution in [1.82, 2.24) is 14.7 Å². The Morgan fingerprint density at radius 2 is 1.53 bits per heavy atom. The summed E-state index contributed by atoms with van der Waals surface area (Å²) in [4.78, 5) is 32.2. The summed E-state index contributed by atoms with van der Waals surface area (Å²) in [6, 6.07) is 14.0. The first-order valence-electron chi connectivity index (χ1n) is 11.7. The lowest BCUT2D eigenvalue weighted by Gasteiger charge is -2.36. The fraction of sp³-hybridized carbons (Fsp3) is 0.440. The maximum absolute atomic E-state index is 13.3. The average molecular weight is 489 g/mol. The largest absolute Gasteiger partial charge is 0.355 e. The molecule has 182 valence electrons. The van der Waals surface area contributed by atoms with Gasteiger partial charge < -0.3 is 15.1 Å². The van der Waals surface area contributed by atoms with Crippen molar-refractivity contribution in [1.29, 1.82) is 0 Å². The highest BCUT2D eigenvalue weighted by molar-refractivity contribution is 7.99. The average Bonchev–Trinajstić information content (AvgIpc) is 2.86. The van der Waals surface area contributed by atoms with Crippen LogP contribution >= 0.6 is 11.8 Å². The molecule has 0 radical (unpaired) electrons. The Kier molecular flexibility index (Phi) is 8.39. The van der Waals surface area contributed by atoms with Gasteiger partial charge in [0, 0.05) is 49.9 Å². The molecule has 0 spiro atoms. The minimum atomic E-state index is -2.46. The molecule has 2 aromatic carbocycles. The van der Waals surface area contributed by atoms with Crippen LogP contribution in [0.4, 0.5) is 20.2 Å². The number of para-hydroxylation sites is 1. The summed E-state index contributed by atoms with van der Waals surface area (Å²) in [5.41, 5.74) is 1.95. The number of likely N-dealkylation sites (tertiary alicyclic amines) is 1. The highest BCUT2D eigenvalue weighted by Crippen LogP contribution is 2.28. The minimum absolute atomic E-state index is 0.0602. The normalized spacial score (nSPS) is 17.1. The van der Waals surface area contributed by atoms with Crippen LogP contribution in [-0.4, -0.2) is 78.1 Å². The number of halogens is 2. The van der Waals surface area contributed by atoms with Crippen molar-refractivity contribution < 1.29 is 18.4 Å². The number of anilines is 2.